The lowest BCUT2D eigenvalue weighted by atomic mass is 9.98. The number of rotatable bonds is 2. The second kappa shape index (κ2) is 4.64. The van der Waals surface area contributed by atoms with E-state index in [0.29, 0.717) is 6.29 Å². The summed E-state index contributed by atoms with van der Waals surface area (Å²) in [4.78, 5) is 10.9. The van der Waals surface area contributed by atoms with Gasteiger partial charge in [0, 0.05) is 17.2 Å². The van der Waals surface area contributed by atoms with Crippen molar-refractivity contribution >= 4 is 6.29 Å². The quantitative estimate of drug-likeness (QED) is 0.739. The molecule has 0 amide bonds. The van der Waals surface area contributed by atoms with Gasteiger partial charge >= 0.3 is 0 Å². The summed E-state index contributed by atoms with van der Waals surface area (Å²) >= 11 is 0. The monoisotopic (exact) mass is 250 g/mol. The molecule has 0 aliphatic rings. The Labute approximate surface area is 102 Å². The molecule has 0 bridgehead atoms. The molecule has 0 spiro atoms. The highest BCUT2D eigenvalue weighted by Crippen LogP contribution is 2.28. The molecule has 0 radical (unpaired) electrons. The summed E-state index contributed by atoms with van der Waals surface area (Å²) in [6.07, 6.45) is 0.507. The molecule has 4 heteroatoms. The number of halogens is 3. The smallest absolute Gasteiger partial charge is 0.150 e. The molecule has 2 aromatic rings. The number of carbonyl (C=O) groups is 1. The van der Waals surface area contributed by atoms with Gasteiger partial charge in [-0.3, -0.25) is 4.79 Å². The Bertz CT molecular complexity index is 621. The maximum Gasteiger partial charge on any atom is 0.150 e. The van der Waals surface area contributed by atoms with Gasteiger partial charge in [0.05, 0.1) is 0 Å². The average molecular weight is 250 g/mol. The number of benzene rings is 2. The molecular weight excluding hydrogens is 241 g/mol. The largest absolute Gasteiger partial charge is 0.298 e. The summed E-state index contributed by atoms with van der Waals surface area (Å²) in [6, 6.07) is 5.41. The molecule has 1 nitrogen and oxygen atoms in total. The van der Waals surface area contributed by atoms with Crippen molar-refractivity contribution < 1.29 is 18.0 Å². The van der Waals surface area contributed by atoms with Crippen LogP contribution in [0.1, 0.15) is 15.9 Å². The molecule has 0 aliphatic heterocycles. The van der Waals surface area contributed by atoms with Crippen molar-refractivity contribution in [3.8, 4) is 11.1 Å². The maximum atomic E-state index is 13.7. The van der Waals surface area contributed by atoms with Gasteiger partial charge in [0.2, 0.25) is 0 Å². The topological polar surface area (TPSA) is 17.1 Å². The zero-order chi connectivity index (χ0) is 13.3. The Balaban J connectivity index is 2.72. The van der Waals surface area contributed by atoms with E-state index in [2.05, 4.69) is 0 Å². The summed E-state index contributed by atoms with van der Waals surface area (Å²) < 4.78 is 40.0. The summed E-state index contributed by atoms with van der Waals surface area (Å²) in [5.41, 5.74) is 0.509. The molecule has 0 saturated carbocycles. The standard InChI is InChI=1S/C14H9F3O/c1-8-4-12(14(17)6-13(8)16)11-5-10(15)3-2-9(11)7-18/h2-7H,1H3. The van der Waals surface area contributed by atoms with Gasteiger partial charge in [-0.1, -0.05) is 0 Å². The Morgan fingerprint density at radius 3 is 2.33 bits per heavy atom. The Hall–Kier alpha value is -2.10. The van der Waals surface area contributed by atoms with E-state index in [1.165, 1.54) is 19.1 Å². The normalized spacial score (nSPS) is 10.4. The predicted molar refractivity (Wildman–Crippen MR) is 61.9 cm³/mol. The van der Waals surface area contributed by atoms with Crippen molar-refractivity contribution in [2.75, 3.05) is 0 Å². The first-order chi connectivity index (χ1) is 8.52. The Morgan fingerprint density at radius 2 is 1.67 bits per heavy atom. The van der Waals surface area contributed by atoms with E-state index in [0.717, 1.165) is 18.2 Å². The number of hydrogen-bond donors (Lipinski definition) is 0. The van der Waals surface area contributed by atoms with Gasteiger partial charge in [0.15, 0.2) is 6.29 Å². The second-order valence-electron chi connectivity index (χ2n) is 3.93. The fraction of sp³-hybridized carbons (Fsp3) is 0.0714. The Kier molecular flexibility index (Phi) is 3.19. The van der Waals surface area contributed by atoms with E-state index in [1.54, 1.807) is 0 Å². The van der Waals surface area contributed by atoms with Gasteiger partial charge in [0.1, 0.15) is 17.5 Å². The van der Waals surface area contributed by atoms with E-state index in [4.69, 9.17) is 0 Å². The lowest BCUT2D eigenvalue weighted by Crippen LogP contribution is -1.95. The zero-order valence-corrected chi connectivity index (χ0v) is 9.51. The van der Waals surface area contributed by atoms with Crippen LogP contribution in [-0.2, 0) is 0 Å². The fourth-order valence-electron chi connectivity index (χ4n) is 1.73. The minimum Gasteiger partial charge on any atom is -0.298 e. The van der Waals surface area contributed by atoms with Gasteiger partial charge in [-0.05, 0) is 42.3 Å². The van der Waals surface area contributed by atoms with Crippen LogP contribution in [0.5, 0.6) is 0 Å². The Morgan fingerprint density at radius 1 is 0.944 bits per heavy atom. The molecule has 0 unspecified atom stereocenters. The number of carbonyl (C=O) groups excluding carboxylic acids is 1. The number of hydrogen-bond acceptors (Lipinski definition) is 1. The third kappa shape index (κ3) is 2.14. The summed E-state index contributed by atoms with van der Waals surface area (Å²) in [5.74, 6) is -2.09. The molecule has 0 aliphatic carbocycles. The number of aryl methyl sites for hydroxylation is 1. The van der Waals surface area contributed by atoms with Crippen molar-refractivity contribution in [1.29, 1.82) is 0 Å². The van der Waals surface area contributed by atoms with E-state index in [-0.39, 0.29) is 22.3 Å². The first-order valence-electron chi connectivity index (χ1n) is 5.23. The van der Waals surface area contributed by atoms with Gasteiger partial charge < -0.3 is 0 Å². The third-order valence-electron chi connectivity index (χ3n) is 2.68. The third-order valence-corrected chi connectivity index (χ3v) is 2.68. The highest BCUT2D eigenvalue weighted by molar-refractivity contribution is 5.87. The fourth-order valence-corrected chi connectivity index (χ4v) is 1.73. The molecule has 18 heavy (non-hydrogen) atoms. The van der Waals surface area contributed by atoms with Crippen LogP contribution in [0.4, 0.5) is 13.2 Å². The summed E-state index contributed by atoms with van der Waals surface area (Å²) in [7, 11) is 0. The molecule has 2 rings (SSSR count). The molecule has 92 valence electrons. The second-order valence-corrected chi connectivity index (χ2v) is 3.93. The molecular formula is C14H9F3O. The van der Waals surface area contributed by atoms with E-state index >= 15 is 0 Å². The van der Waals surface area contributed by atoms with Gasteiger partial charge in [-0.25, -0.2) is 13.2 Å². The van der Waals surface area contributed by atoms with Crippen LogP contribution in [0.15, 0.2) is 30.3 Å². The first-order valence-corrected chi connectivity index (χ1v) is 5.23. The first kappa shape index (κ1) is 12.4. The van der Waals surface area contributed by atoms with Crippen molar-refractivity contribution in [1.82, 2.24) is 0 Å². The van der Waals surface area contributed by atoms with Gasteiger partial charge in [-0.2, -0.15) is 0 Å². The zero-order valence-electron chi connectivity index (χ0n) is 9.51. The molecule has 0 N–H and O–H groups in total. The molecule has 0 saturated heterocycles. The van der Waals surface area contributed by atoms with E-state index in [9.17, 15) is 18.0 Å². The number of aldehydes is 1. The lowest BCUT2D eigenvalue weighted by Gasteiger charge is -2.08. The van der Waals surface area contributed by atoms with Crippen molar-refractivity contribution in [3.05, 3.63) is 58.9 Å². The van der Waals surface area contributed by atoms with Crippen molar-refractivity contribution in [2.24, 2.45) is 0 Å². The minimum absolute atomic E-state index is 0.00972. The van der Waals surface area contributed by atoms with E-state index in [1.807, 2.05) is 0 Å². The molecule has 0 aromatic heterocycles. The SMILES string of the molecule is Cc1cc(-c2cc(F)ccc2C=O)c(F)cc1F. The highest BCUT2D eigenvalue weighted by atomic mass is 19.1. The molecule has 0 atom stereocenters. The van der Waals surface area contributed by atoms with Crippen molar-refractivity contribution in [3.63, 3.8) is 0 Å². The van der Waals surface area contributed by atoms with Gasteiger partial charge in [-0.15, -0.1) is 0 Å². The van der Waals surface area contributed by atoms with Crippen LogP contribution in [0.2, 0.25) is 0 Å². The maximum absolute atomic E-state index is 13.7. The van der Waals surface area contributed by atoms with E-state index < -0.39 is 17.5 Å². The lowest BCUT2D eigenvalue weighted by molar-refractivity contribution is 0.112. The summed E-state index contributed by atoms with van der Waals surface area (Å²) in [5, 5.41) is 0. The predicted octanol–water partition coefficient (Wildman–Crippen LogP) is 3.89. The van der Waals surface area contributed by atoms with Crippen LogP contribution in [0, 0.1) is 24.4 Å². The van der Waals surface area contributed by atoms with Crippen LogP contribution in [0.3, 0.4) is 0 Å². The molecule has 0 heterocycles. The minimum atomic E-state index is -0.827. The molecule has 2 aromatic carbocycles. The van der Waals surface area contributed by atoms with Crippen LogP contribution in [0.25, 0.3) is 11.1 Å². The van der Waals surface area contributed by atoms with Gasteiger partial charge in [0.25, 0.3) is 0 Å². The van der Waals surface area contributed by atoms with Crippen LogP contribution in [-0.4, -0.2) is 6.29 Å². The van der Waals surface area contributed by atoms with Crippen molar-refractivity contribution in [2.45, 2.75) is 6.92 Å². The average Bonchev–Trinajstić information content (AvgIpc) is 2.34. The highest BCUT2D eigenvalue weighted by Gasteiger charge is 2.13. The van der Waals surface area contributed by atoms with Crippen LogP contribution < -0.4 is 0 Å². The summed E-state index contributed by atoms with van der Waals surface area (Å²) in [6.45, 7) is 1.47. The van der Waals surface area contributed by atoms with Crippen LogP contribution >= 0.6 is 0 Å². The molecule has 0 fully saturated rings.